The van der Waals surface area contributed by atoms with Crippen LogP contribution < -0.4 is 5.32 Å². The molecule has 106 valence electrons. The number of benzene rings is 3. The number of fused-ring (bicyclic) bond motifs is 1. The third kappa shape index (κ3) is 2.47. The molecule has 22 heavy (non-hydrogen) atoms. The molecule has 0 spiro atoms. The van der Waals surface area contributed by atoms with Gasteiger partial charge in [0.1, 0.15) is 0 Å². The molecule has 0 saturated heterocycles. The van der Waals surface area contributed by atoms with Crippen LogP contribution in [0.15, 0.2) is 79.0 Å². The van der Waals surface area contributed by atoms with Crippen LogP contribution in [0.4, 0.5) is 10.8 Å². The van der Waals surface area contributed by atoms with Crippen LogP contribution in [-0.4, -0.2) is 4.98 Å². The Morgan fingerprint density at radius 1 is 0.773 bits per heavy atom. The van der Waals surface area contributed by atoms with Gasteiger partial charge in [-0.05, 0) is 17.0 Å². The van der Waals surface area contributed by atoms with Crippen LogP contribution >= 0.6 is 11.3 Å². The van der Waals surface area contributed by atoms with Crippen molar-refractivity contribution in [3.63, 3.8) is 0 Å². The van der Waals surface area contributed by atoms with Gasteiger partial charge in [-0.1, -0.05) is 78.1 Å². The molecule has 0 bridgehead atoms. The molecule has 1 N–H and O–H groups in total. The van der Waals surface area contributed by atoms with Crippen molar-refractivity contribution < 1.29 is 0 Å². The Balaban J connectivity index is 1.68. The molecule has 4 rings (SSSR count). The van der Waals surface area contributed by atoms with Crippen LogP contribution in [0.3, 0.4) is 0 Å². The van der Waals surface area contributed by atoms with Gasteiger partial charge in [0.05, 0.1) is 4.88 Å². The molecule has 0 aliphatic carbocycles. The summed E-state index contributed by atoms with van der Waals surface area (Å²) in [7, 11) is 0. The maximum Gasteiger partial charge on any atom is 0.187 e. The van der Waals surface area contributed by atoms with E-state index in [0.29, 0.717) is 0 Å². The first kappa shape index (κ1) is 13.0. The first-order chi connectivity index (χ1) is 10.9. The summed E-state index contributed by atoms with van der Waals surface area (Å²) in [6.07, 6.45) is 1.92. The molecule has 0 saturated carbocycles. The zero-order valence-corrected chi connectivity index (χ0v) is 12.7. The van der Waals surface area contributed by atoms with Crippen molar-refractivity contribution in [2.24, 2.45) is 0 Å². The van der Waals surface area contributed by atoms with E-state index in [4.69, 9.17) is 0 Å². The van der Waals surface area contributed by atoms with Crippen LogP contribution in [0.5, 0.6) is 0 Å². The molecule has 1 heterocycles. The molecule has 0 atom stereocenters. The number of anilines is 2. The summed E-state index contributed by atoms with van der Waals surface area (Å²) < 4.78 is 0. The molecule has 1 aromatic heterocycles. The van der Waals surface area contributed by atoms with Crippen molar-refractivity contribution in [2.45, 2.75) is 0 Å². The molecule has 0 fully saturated rings. The van der Waals surface area contributed by atoms with Crippen LogP contribution in [0.1, 0.15) is 0 Å². The number of thiazole rings is 1. The lowest BCUT2D eigenvalue weighted by Crippen LogP contribution is -1.89. The van der Waals surface area contributed by atoms with Crippen molar-refractivity contribution in [2.75, 3.05) is 5.32 Å². The van der Waals surface area contributed by atoms with Gasteiger partial charge >= 0.3 is 0 Å². The predicted octanol–water partition coefficient (Wildman–Crippen LogP) is 5.71. The lowest BCUT2D eigenvalue weighted by atomic mass is 10.1. The Morgan fingerprint density at radius 2 is 1.55 bits per heavy atom. The normalized spacial score (nSPS) is 10.7. The second-order valence-corrected chi connectivity index (χ2v) is 6.08. The second-order valence-electron chi connectivity index (χ2n) is 5.05. The first-order valence-electron chi connectivity index (χ1n) is 7.16. The Labute approximate surface area is 133 Å². The molecule has 0 aliphatic rings. The van der Waals surface area contributed by atoms with Crippen molar-refractivity contribution in [3.8, 4) is 10.4 Å². The van der Waals surface area contributed by atoms with E-state index in [1.165, 1.54) is 21.2 Å². The molecule has 0 radical (unpaired) electrons. The lowest BCUT2D eigenvalue weighted by Gasteiger charge is -2.06. The van der Waals surface area contributed by atoms with Crippen LogP contribution in [0.25, 0.3) is 21.2 Å². The minimum atomic E-state index is 0.912. The summed E-state index contributed by atoms with van der Waals surface area (Å²) in [5.74, 6) is 0. The predicted molar refractivity (Wildman–Crippen MR) is 94.8 cm³/mol. The van der Waals surface area contributed by atoms with Crippen molar-refractivity contribution in [1.82, 2.24) is 4.98 Å². The standard InChI is InChI=1S/C19H14N2S/c1-2-8-15(9-3-1)18-13-20-19(22-18)21-17-12-6-10-14-7-4-5-11-16(14)17/h1-13H,(H,20,21). The van der Waals surface area contributed by atoms with Crippen LogP contribution in [-0.2, 0) is 0 Å². The summed E-state index contributed by atoms with van der Waals surface area (Å²) in [6.45, 7) is 0. The molecular formula is C19H14N2S. The molecule has 4 aromatic rings. The molecular weight excluding hydrogens is 288 g/mol. The third-order valence-electron chi connectivity index (χ3n) is 3.60. The summed E-state index contributed by atoms with van der Waals surface area (Å²) in [6, 6.07) is 25.0. The summed E-state index contributed by atoms with van der Waals surface area (Å²) >= 11 is 1.67. The summed E-state index contributed by atoms with van der Waals surface area (Å²) in [4.78, 5) is 5.67. The minimum absolute atomic E-state index is 0.912. The van der Waals surface area contributed by atoms with Gasteiger partial charge in [-0.3, -0.25) is 0 Å². The number of hydrogen-bond acceptors (Lipinski definition) is 3. The average molecular weight is 302 g/mol. The molecule has 0 amide bonds. The number of rotatable bonds is 3. The maximum absolute atomic E-state index is 4.50. The molecule has 0 unspecified atom stereocenters. The monoisotopic (exact) mass is 302 g/mol. The Hall–Kier alpha value is -2.65. The lowest BCUT2D eigenvalue weighted by molar-refractivity contribution is 1.40. The molecule has 3 heteroatoms. The number of hydrogen-bond donors (Lipinski definition) is 1. The quantitative estimate of drug-likeness (QED) is 0.524. The molecule has 0 aliphatic heterocycles. The van der Waals surface area contributed by atoms with Gasteiger partial charge in [-0.2, -0.15) is 0 Å². The van der Waals surface area contributed by atoms with Crippen molar-refractivity contribution >= 4 is 32.9 Å². The zero-order chi connectivity index (χ0) is 14.8. The van der Waals surface area contributed by atoms with Gasteiger partial charge in [0, 0.05) is 17.3 Å². The minimum Gasteiger partial charge on any atom is -0.331 e. The first-order valence-corrected chi connectivity index (χ1v) is 7.98. The highest BCUT2D eigenvalue weighted by molar-refractivity contribution is 7.19. The third-order valence-corrected chi connectivity index (χ3v) is 4.56. The van der Waals surface area contributed by atoms with Gasteiger partial charge in [0.2, 0.25) is 0 Å². The molecule has 3 aromatic carbocycles. The zero-order valence-electron chi connectivity index (χ0n) is 11.9. The van der Waals surface area contributed by atoms with E-state index in [9.17, 15) is 0 Å². The van der Waals surface area contributed by atoms with E-state index in [2.05, 4.69) is 64.9 Å². The van der Waals surface area contributed by atoms with Gasteiger partial charge in [-0.15, -0.1) is 0 Å². The van der Waals surface area contributed by atoms with Crippen molar-refractivity contribution in [3.05, 3.63) is 79.0 Å². The van der Waals surface area contributed by atoms with E-state index in [1.807, 2.05) is 24.4 Å². The highest BCUT2D eigenvalue weighted by atomic mass is 32.1. The second kappa shape index (κ2) is 5.62. The summed E-state index contributed by atoms with van der Waals surface area (Å²) in [5.41, 5.74) is 2.29. The largest absolute Gasteiger partial charge is 0.331 e. The smallest absolute Gasteiger partial charge is 0.187 e. The fraction of sp³-hybridized carbons (Fsp3) is 0. The fourth-order valence-electron chi connectivity index (χ4n) is 2.52. The molecule has 2 nitrogen and oxygen atoms in total. The van der Waals surface area contributed by atoms with Crippen LogP contribution in [0, 0.1) is 0 Å². The Kier molecular flexibility index (Phi) is 3.33. The topological polar surface area (TPSA) is 24.9 Å². The van der Waals surface area contributed by atoms with E-state index in [0.717, 1.165) is 10.8 Å². The fourth-order valence-corrected chi connectivity index (χ4v) is 3.35. The van der Waals surface area contributed by atoms with Gasteiger partial charge in [0.15, 0.2) is 5.13 Å². The van der Waals surface area contributed by atoms with E-state index in [1.54, 1.807) is 11.3 Å². The van der Waals surface area contributed by atoms with Gasteiger partial charge < -0.3 is 5.32 Å². The number of nitrogens with zero attached hydrogens (tertiary/aromatic N) is 1. The van der Waals surface area contributed by atoms with E-state index >= 15 is 0 Å². The Morgan fingerprint density at radius 3 is 2.45 bits per heavy atom. The van der Waals surface area contributed by atoms with Gasteiger partial charge in [0.25, 0.3) is 0 Å². The number of aromatic nitrogens is 1. The highest BCUT2D eigenvalue weighted by Gasteiger charge is 2.06. The van der Waals surface area contributed by atoms with Crippen molar-refractivity contribution in [1.29, 1.82) is 0 Å². The van der Waals surface area contributed by atoms with Crippen LogP contribution in [0.2, 0.25) is 0 Å². The maximum atomic E-state index is 4.50. The number of nitrogens with one attached hydrogen (secondary N) is 1. The van der Waals surface area contributed by atoms with E-state index < -0.39 is 0 Å². The average Bonchev–Trinajstić information content (AvgIpc) is 3.05. The SMILES string of the molecule is c1ccc(-c2cnc(Nc3cccc4ccccc34)s2)cc1. The Bertz CT molecular complexity index is 908. The highest BCUT2D eigenvalue weighted by Crippen LogP contribution is 2.32. The van der Waals surface area contributed by atoms with E-state index in [-0.39, 0.29) is 0 Å². The summed E-state index contributed by atoms with van der Waals surface area (Å²) in [5, 5.41) is 6.80. The van der Waals surface area contributed by atoms with Gasteiger partial charge in [-0.25, -0.2) is 4.98 Å².